The zero-order valence-electron chi connectivity index (χ0n) is 13.5. The molecule has 5 heteroatoms. The van der Waals surface area contributed by atoms with Crippen LogP contribution in [0.1, 0.15) is 65.2 Å². The van der Waals surface area contributed by atoms with Crippen LogP contribution in [0.25, 0.3) is 0 Å². The van der Waals surface area contributed by atoms with Gasteiger partial charge in [0, 0.05) is 5.92 Å². The first kappa shape index (κ1) is 18.1. The summed E-state index contributed by atoms with van der Waals surface area (Å²) < 4.78 is 0. The number of carbonyl (C=O) groups excluding carboxylic acids is 2. The quantitative estimate of drug-likeness (QED) is 0.737. The van der Waals surface area contributed by atoms with E-state index in [0.29, 0.717) is 5.92 Å². The maximum absolute atomic E-state index is 12.1. The lowest BCUT2D eigenvalue weighted by Crippen LogP contribution is -2.44. The number of hydrogen-bond donors (Lipinski definition) is 2. The Hall–Kier alpha value is -0.995. The summed E-state index contributed by atoms with van der Waals surface area (Å²) in [4.78, 5) is 23.8. The van der Waals surface area contributed by atoms with Crippen molar-refractivity contribution in [1.82, 2.24) is 10.6 Å². The van der Waals surface area contributed by atoms with E-state index in [1.807, 2.05) is 0 Å². The molecule has 0 bridgehead atoms. The van der Waals surface area contributed by atoms with Crippen LogP contribution in [0.5, 0.6) is 0 Å². The lowest BCUT2D eigenvalue weighted by Gasteiger charge is -2.20. The van der Waals surface area contributed by atoms with Gasteiger partial charge in [0.1, 0.15) is 0 Å². The summed E-state index contributed by atoms with van der Waals surface area (Å²) in [7, 11) is 5.82. The van der Waals surface area contributed by atoms with Crippen molar-refractivity contribution in [2.24, 2.45) is 11.8 Å². The third kappa shape index (κ3) is 8.13. The van der Waals surface area contributed by atoms with Gasteiger partial charge in [-0.3, -0.25) is 9.59 Å². The molecule has 21 heavy (non-hydrogen) atoms. The van der Waals surface area contributed by atoms with Gasteiger partial charge in [-0.2, -0.15) is 0 Å². The van der Waals surface area contributed by atoms with Gasteiger partial charge in [0.15, 0.2) is 0 Å². The van der Waals surface area contributed by atoms with Crippen molar-refractivity contribution < 1.29 is 9.59 Å². The smallest absolute Gasteiger partial charge is 0.238 e. The largest absolute Gasteiger partial charge is 0.361 e. The van der Waals surface area contributed by atoms with E-state index < -0.39 is 0 Å². The topological polar surface area (TPSA) is 58.2 Å². The van der Waals surface area contributed by atoms with Gasteiger partial charge in [-0.05, 0) is 31.1 Å². The lowest BCUT2D eigenvalue weighted by atomic mass is 9.88. The van der Waals surface area contributed by atoms with Crippen LogP contribution in [0.2, 0.25) is 0 Å². The van der Waals surface area contributed by atoms with Crippen LogP contribution in [-0.2, 0) is 9.59 Å². The molecule has 2 N–H and O–H groups in total. The summed E-state index contributed by atoms with van der Waals surface area (Å²) in [6.45, 7) is 4.14. The summed E-state index contributed by atoms with van der Waals surface area (Å²) in [6, 6.07) is 0. The molecule has 0 aliphatic heterocycles. The zero-order valence-corrected chi connectivity index (χ0v) is 13.5. The van der Waals surface area contributed by atoms with Gasteiger partial charge in [-0.25, -0.2) is 0 Å². The van der Waals surface area contributed by atoms with Gasteiger partial charge in [-0.1, -0.05) is 46.0 Å². The van der Waals surface area contributed by atoms with E-state index >= 15 is 0 Å². The molecule has 1 aliphatic rings. The molecule has 1 saturated carbocycles. The predicted molar refractivity (Wildman–Crippen MR) is 86.0 cm³/mol. The zero-order chi connectivity index (χ0) is 15.7. The Labute approximate surface area is 130 Å². The Kier molecular flexibility index (Phi) is 8.47. The van der Waals surface area contributed by atoms with Gasteiger partial charge in [-0.15, -0.1) is 0 Å². The van der Waals surface area contributed by atoms with Crippen LogP contribution in [0.4, 0.5) is 0 Å². The Morgan fingerprint density at radius 3 is 2.24 bits per heavy atom. The predicted octanol–water partition coefficient (Wildman–Crippen LogP) is 2.12. The van der Waals surface area contributed by atoms with E-state index in [-0.39, 0.29) is 30.2 Å². The molecule has 4 nitrogen and oxygen atoms in total. The number of rotatable bonds is 6. The van der Waals surface area contributed by atoms with Crippen LogP contribution < -0.4 is 10.6 Å². The average Bonchev–Trinajstić information content (AvgIpc) is 2.34. The molecule has 0 unspecified atom stereocenters. The monoisotopic (exact) mass is 292 g/mol. The molecular weight excluding hydrogens is 263 g/mol. The first-order valence-corrected chi connectivity index (χ1v) is 8.31. The Morgan fingerprint density at radius 1 is 1.10 bits per heavy atom. The summed E-state index contributed by atoms with van der Waals surface area (Å²) in [5, 5.41) is 5.47. The number of carbonyl (C=O) groups is 2. The number of amides is 2. The second kappa shape index (κ2) is 9.85. The maximum Gasteiger partial charge on any atom is 0.238 e. The molecule has 0 spiro atoms. The molecule has 1 fully saturated rings. The fourth-order valence-electron chi connectivity index (χ4n) is 2.85. The van der Waals surface area contributed by atoms with Gasteiger partial charge in [0.05, 0.1) is 14.4 Å². The van der Waals surface area contributed by atoms with Crippen molar-refractivity contribution >= 4 is 19.7 Å². The van der Waals surface area contributed by atoms with Crippen molar-refractivity contribution in [3.8, 4) is 0 Å². The normalized spacial score (nSPS) is 18.6. The minimum Gasteiger partial charge on any atom is -0.361 e. The van der Waals surface area contributed by atoms with Crippen molar-refractivity contribution in [1.29, 1.82) is 0 Å². The van der Waals surface area contributed by atoms with Crippen molar-refractivity contribution in [3.05, 3.63) is 0 Å². The Morgan fingerprint density at radius 2 is 1.67 bits per heavy atom. The Bertz CT molecular complexity index is 326. The molecule has 1 aliphatic carbocycles. The summed E-state index contributed by atoms with van der Waals surface area (Å²) in [6.07, 6.45) is 8.57. The van der Waals surface area contributed by atoms with Crippen molar-refractivity contribution in [2.45, 2.75) is 71.2 Å². The third-order valence-electron chi connectivity index (χ3n) is 3.97. The Balaban J connectivity index is 2.25. The van der Waals surface area contributed by atoms with Crippen LogP contribution >= 0.6 is 0 Å². The van der Waals surface area contributed by atoms with Crippen LogP contribution in [-0.4, -0.2) is 32.1 Å². The first-order valence-electron chi connectivity index (χ1n) is 8.31. The average molecular weight is 292 g/mol. The highest BCUT2D eigenvalue weighted by atomic mass is 16.2. The second-order valence-corrected chi connectivity index (χ2v) is 6.56. The van der Waals surface area contributed by atoms with Crippen molar-refractivity contribution in [2.75, 3.05) is 6.54 Å². The van der Waals surface area contributed by atoms with E-state index in [9.17, 15) is 9.59 Å². The third-order valence-corrected chi connectivity index (χ3v) is 3.97. The second-order valence-electron chi connectivity index (χ2n) is 6.56. The van der Waals surface area contributed by atoms with Crippen LogP contribution in [0, 0.1) is 11.8 Å². The SMILES string of the molecule is [B][C@H](CC(C)C)NC(=O)CNC(=O)C1CCCCCCC1. The summed E-state index contributed by atoms with van der Waals surface area (Å²) >= 11 is 0. The molecular formula is C16H29BN2O2. The molecule has 0 aromatic rings. The molecule has 1 rings (SSSR count). The standard InChI is InChI=1S/C16H29BN2O2/c1-12(2)10-14(17)19-15(20)11-18-16(21)13-8-6-4-3-5-7-9-13/h12-14H,3-11H2,1-2H3,(H,18,21)(H,19,20)/t14-/m0/s1. The van der Waals surface area contributed by atoms with Gasteiger partial charge < -0.3 is 10.6 Å². The highest BCUT2D eigenvalue weighted by Gasteiger charge is 2.19. The van der Waals surface area contributed by atoms with Crippen LogP contribution in [0.3, 0.4) is 0 Å². The van der Waals surface area contributed by atoms with E-state index in [2.05, 4.69) is 24.5 Å². The molecule has 0 saturated heterocycles. The fourth-order valence-corrected chi connectivity index (χ4v) is 2.85. The fraction of sp³-hybridized carbons (Fsp3) is 0.875. The van der Waals surface area contributed by atoms with E-state index in [1.54, 1.807) is 0 Å². The van der Waals surface area contributed by atoms with E-state index in [0.717, 1.165) is 32.1 Å². The van der Waals surface area contributed by atoms with Crippen molar-refractivity contribution in [3.63, 3.8) is 0 Å². The van der Waals surface area contributed by atoms with Gasteiger partial charge >= 0.3 is 0 Å². The minimum absolute atomic E-state index is 0.0180. The molecule has 2 amide bonds. The maximum atomic E-state index is 12.1. The molecule has 2 radical (unpaired) electrons. The summed E-state index contributed by atoms with van der Waals surface area (Å²) in [5.41, 5.74) is 0. The molecule has 0 aromatic carbocycles. The van der Waals surface area contributed by atoms with Gasteiger partial charge in [0.25, 0.3) is 0 Å². The highest BCUT2D eigenvalue weighted by Crippen LogP contribution is 2.22. The molecule has 1 atom stereocenters. The van der Waals surface area contributed by atoms with E-state index in [4.69, 9.17) is 7.85 Å². The molecule has 0 heterocycles. The number of nitrogens with one attached hydrogen (secondary N) is 2. The lowest BCUT2D eigenvalue weighted by molar-refractivity contribution is -0.129. The summed E-state index contributed by atoms with van der Waals surface area (Å²) in [5.74, 6) is -0.0186. The highest BCUT2D eigenvalue weighted by molar-refractivity contribution is 6.13. The number of hydrogen-bond acceptors (Lipinski definition) is 2. The minimum atomic E-state index is -0.337. The molecule has 0 aromatic heterocycles. The first-order chi connectivity index (χ1) is 9.99. The van der Waals surface area contributed by atoms with Gasteiger partial charge in [0.2, 0.25) is 11.8 Å². The molecule has 118 valence electrons. The van der Waals surface area contributed by atoms with E-state index in [1.165, 1.54) is 19.3 Å². The van der Waals surface area contributed by atoms with Crippen LogP contribution in [0.15, 0.2) is 0 Å².